The van der Waals surface area contributed by atoms with Gasteiger partial charge in [-0.25, -0.2) is 9.97 Å². The van der Waals surface area contributed by atoms with Gasteiger partial charge in [0.25, 0.3) is 0 Å². The number of carbonyl (C=O) groups excluding carboxylic acids is 1. The minimum atomic E-state index is -0.291. The molecule has 0 radical (unpaired) electrons. The van der Waals surface area contributed by atoms with Gasteiger partial charge in [-0.1, -0.05) is 16.9 Å². The van der Waals surface area contributed by atoms with E-state index in [0.29, 0.717) is 17.4 Å². The van der Waals surface area contributed by atoms with Crippen molar-refractivity contribution in [1.82, 2.24) is 15.1 Å². The maximum atomic E-state index is 12.0. The van der Waals surface area contributed by atoms with Crippen molar-refractivity contribution in [2.24, 2.45) is 0 Å². The van der Waals surface area contributed by atoms with E-state index in [0.717, 1.165) is 10.7 Å². The summed E-state index contributed by atoms with van der Waals surface area (Å²) in [5.74, 6) is 1.64. The summed E-state index contributed by atoms with van der Waals surface area (Å²) < 4.78 is 4.90. The van der Waals surface area contributed by atoms with Crippen LogP contribution in [0.2, 0.25) is 0 Å². The number of nitrogens with one attached hydrogen (secondary N) is 1. The van der Waals surface area contributed by atoms with Crippen molar-refractivity contribution in [3.8, 4) is 0 Å². The Morgan fingerprint density at radius 1 is 1.30 bits per heavy atom. The molecule has 1 unspecified atom stereocenters. The Bertz CT molecular complexity index is 606. The standard InChI is InChI=1S/C13H16N4O2S/c1-7-5-12(15-10(4)14-7)20-9(3)13(18)16-11-6-8(2)19-17-11/h5-6,9H,1-4H3,(H,16,17,18). The van der Waals surface area contributed by atoms with Crippen LogP contribution in [0.5, 0.6) is 0 Å². The number of nitrogens with zero attached hydrogens (tertiary/aromatic N) is 3. The first-order valence-electron chi connectivity index (χ1n) is 6.17. The van der Waals surface area contributed by atoms with Crippen LogP contribution in [-0.4, -0.2) is 26.3 Å². The summed E-state index contributed by atoms with van der Waals surface area (Å²) in [6.07, 6.45) is 0. The Hall–Kier alpha value is -1.89. The average molecular weight is 292 g/mol. The van der Waals surface area contributed by atoms with Crippen molar-refractivity contribution in [2.45, 2.75) is 38.0 Å². The predicted octanol–water partition coefficient (Wildman–Crippen LogP) is 2.51. The molecule has 0 saturated heterocycles. The molecule has 0 fully saturated rings. The lowest BCUT2D eigenvalue weighted by Crippen LogP contribution is -2.22. The minimum absolute atomic E-state index is 0.141. The third kappa shape index (κ3) is 3.80. The molecule has 0 aliphatic heterocycles. The fourth-order valence-corrected chi connectivity index (χ4v) is 2.58. The first-order chi connectivity index (χ1) is 9.44. The highest BCUT2D eigenvalue weighted by atomic mass is 32.2. The van der Waals surface area contributed by atoms with Gasteiger partial charge in [-0.15, -0.1) is 0 Å². The first kappa shape index (κ1) is 14.5. The Kier molecular flexibility index (Phi) is 4.39. The number of aromatic nitrogens is 3. The van der Waals surface area contributed by atoms with E-state index in [1.807, 2.05) is 26.8 Å². The van der Waals surface area contributed by atoms with Crippen LogP contribution in [-0.2, 0) is 4.79 Å². The van der Waals surface area contributed by atoms with Gasteiger partial charge in [0, 0.05) is 11.8 Å². The van der Waals surface area contributed by atoms with Crippen LogP contribution in [0.1, 0.15) is 24.2 Å². The number of rotatable bonds is 4. The van der Waals surface area contributed by atoms with E-state index in [4.69, 9.17) is 4.52 Å². The van der Waals surface area contributed by atoms with Crippen LogP contribution >= 0.6 is 11.8 Å². The molecule has 1 N–H and O–H groups in total. The van der Waals surface area contributed by atoms with Crippen LogP contribution in [0, 0.1) is 20.8 Å². The van der Waals surface area contributed by atoms with E-state index in [2.05, 4.69) is 20.4 Å². The highest BCUT2D eigenvalue weighted by molar-refractivity contribution is 8.00. The molecule has 20 heavy (non-hydrogen) atoms. The second-order valence-electron chi connectivity index (χ2n) is 4.47. The number of thioether (sulfide) groups is 1. The van der Waals surface area contributed by atoms with E-state index in [9.17, 15) is 4.79 Å². The molecule has 2 rings (SSSR count). The zero-order valence-electron chi connectivity index (χ0n) is 11.8. The lowest BCUT2D eigenvalue weighted by atomic mass is 10.4. The van der Waals surface area contributed by atoms with Crippen molar-refractivity contribution in [3.63, 3.8) is 0 Å². The predicted molar refractivity (Wildman–Crippen MR) is 76.7 cm³/mol. The zero-order chi connectivity index (χ0) is 14.7. The molecule has 1 amide bonds. The second-order valence-corrected chi connectivity index (χ2v) is 5.83. The number of carbonyl (C=O) groups is 1. The number of amides is 1. The normalized spacial score (nSPS) is 12.2. The highest BCUT2D eigenvalue weighted by Crippen LogP contribution is 2.22. The fraction of sp³-hybridized carbons (Fsp3) is 0.385. The van der Waals surface area contributed by atoms with Crippen LogP contribution in [0.3, 0.4) is 0 Å². The lowest BCUT2D eigenvalue weighted by molar-refractivity contribution is -0.115. The molecule has 106 valence electrons. The lowest BCUT2D eigenvalue weighted by Gasteiger charge is -2.10. The van der Waals surface area contributed by atoms with E-state index < -0.39 is 0 Å². The SMILES string of the molecule is Cc1cc(SC(C)C(=O)Nc2cc(C)on2)nc(C)n1. The second kappa shape index (κ2) is 6.04. The number of hydrogen-bond donors (Lipinski definition) is 1. The highest BCUT2D eigenvalue weighted by Gasteiger charge is 2.17. The number of hydrogen-bond acceptors (Lipinski definition) is 6. The number of aryl methyl sites for hydroxylation is 3. The molecule has 7 heteroatoms. The monoisotopic (exact) mass is 292 g/mol. The third-order valence-electron chi connectivity index (χ3n) is 2.49. The van der Waals surface area contributed by atoms with Crippen molar-refractivity contribution >= 4 is 23.5 Å². The van der Waals surface area contributed by atoms with Crippen LogP contribution < -0.4 is 5.32 Å². The summed E-state index contributed by atoms with van der Waals surface area (Å²) in [5.41, 5.74) is 0.889. The van der Waals surface area contributed by atoms with Gasteiger partial charge in [0.05, 0.1) is 5.25 Å². The van der Waals surface area contributed by atoms with Crippen LogP contribution in [0.25, 0.3) is 0 Å². The molecule has 0 bridgehead atoms. The summed E-state index contributed by atoms with van der Waals surface area (Å²) in [5, 5.41) is 6.93. The average Bonchev–Trinajstić information content (AvgIpc) is 2.73. The van der Waals surface area contributed by atoms with E-state index in [-0.39, 0.29) is 11.2 Å². The van der Waals surface area contributed by atoms with E-state index in [1.165, 1.54) is 11.8 Å². The largest absolute Gasteiger partial charge is 0.360 e. The third-order valence-corrected chi connectivity index (χ3v) is 3.51. The van der Waals surface area contributed by atoms with Gasteiger partial charge in [-0.05, 0) is 33.8 Å². The van der Waals surface area contributed by atoms with Crippen molar-refractivity contribution < 1.29 is 9.32 Å². The minimum Gasteiger partial charge on any atom is -0.360 e. The van der Waals surface area contributed by atoms with E-state index >= 15 is 0 Å². The zero-order valence-corrected chi connectivity index (χ0v) is 12.6. The fourth-order valence-electron chi connectivity index (χ4n) is 1.63. The van der Waals surface area contributed by atoms with Gasteiger partial charge in [0.2, 0.25) is 5.91 Å². The Balaban J connectivity index is 2.00. The summed E-state index contributed by atoms with van der Waals surface area (Å²) in [7, 11) is 0. The van der Waals surface area contributed by atoms with Gasteiger partial charge >= 0.3 is 0 Å². The van der Waals surface area contributed by atoms with Crippen molar-refractivity contribution in [3.05, 3.63) is 29.4 Å². The molecule has 2 heterocycles. The van der Waals surface area contributed by atoms with E-state index in [1.54, 1.807) is 13.0 Å². The van der Waals surface area contributed by atoms with Crippen molar-refractivity contribution in [2.75, 3.05) is 5.32 Å². The van der Waals surface area contributed by atoms with Gasteiger partial charge in [-0.2, -0.15) is 0 Å². The Morgan fingerprint density at radius 2 is 2.05 bits per heavy atom. The molecule has 2 aromatic heterocycles. The topological polar surface area (TPSA) is 80.9 Å². The Labute approximate surface area is 121 Å². The molecule has 0 spiro atoms. The molecular weight excluding hydrogens is 276 g/mol. The molecule has 1 atom stereocenters. The van der Waals surface area contributed by atoms with Crippen LogP contribution in [0.15, 0.2) is 21.7 Å². The maximum Gasteiger partial charge on any atom is 0.238 e. The summed E-state index contributed by atoms with van der Waals surface area (Å²) in [4.78, 5) is 20.6. The van der Waals surface area contributed by atoms with Crippen molar-refractivity contribution in [1.29, 1.82) is 0 Å². The van der Waals surface area contributed by atoms with Crippen LogP contribution in [0.4, 0.5) is 5.82 Å². The van der Waals surface area contributed by atoms with Gasteiger partial charge < -0.3 is 9.84 Å². The van der Waals surface area contributed by atoms with Gasteiger partial charge in [-0.3, -0.25) is 4.79 Å². The summed E-state index contributed by atoms with van der Waals surface area (Å²) in [6, 6.07) is 3.54. The van der Waals surface area contributed by atoms with Gasteiger partial charge in [0.15, 0.2) is 5.82 Å². The van der Waals surface area contributed by atoms with Gasteiger partial charge in [0.1, 0.15) is 16.6 Å². The molecule has 0 aromatic carbocycles. The molecule has 0 aliphatic rings. The molecule has 0 aliphatic carbocycles. The molecule has 6 nitrogen and oxygen atoms in total. The molecular formula is C13H16N4O2S. The smallest absolute Gasteiger partial charge is 0.238 e. The number of anilines is 1. The Morgan fingerprint density at radius 3 is 2.65 bits per heavy atom. The molecule has 2 aromatic rings. The molecule has 0 saturated carbocycles. The first-order valence-corrected chi connectivity index (χ1v) is 7.05. The summed E-state index contributed by atoms with van der Waals surface area (Å²) >= 11 is 1.38. The quantitative estimate of drug-likeness (QED) is 0.689. The maximum absolute atomic E-state index is 12.0. The summed E-state index contributed by atoms with van der Waals surface area (Å²) in [6.45, 7) is 7.33.